The van der Waals surface area contributed by atoms with Gasteiger partial charge in [-0.25, -0.2) is 0 Å². The maximum Gasteiger partial charge on any atom is 0.0476 e. The minimum Gasteiger partial charge on any atom is -0.323 e. The number of hydrazone groups is 1. The van der Waals surface area contributed by atoms with Crippen molar-refractivity contribution in [2.75, 3.05) is 0 Å². The van der Waals surface area contributed by atoms with Crippen LogP contribution in [0.25, 0.3) is 0 Å². The largest absolute Gasteiger partial charge is 0.323 e. The van der Waals surface area contributed by atoms with Crippen LogP contribution in [-0.2, 0) is 5.41 Å². The second-order valence-corrected chi connectivity index (χ2v) is 5.73. The summed E-state index contributed by atoms with van der Waals surface area (Å²) < 4.78 is 0. The lowest BCUT2D eigenvalue weighted by Crippen LogP contribution is -2.29. The summed E-state index contributed by atoms with van der Waals surface area (Å²) in [5.74, 6) is 6.16. The third kappa shape index (κ3) is 1.97. The van der Waals surface area contributed by atoms with Gasteiger partial charge in [-0.3, -0.25) is 0 Å². The highest BCUT2D eigenvalue weighted by molar-refractivity contribution is 5.95. The topological polar surface area (TPSA) is 38.4 Å². The molecule has 17 heavy (non-hydrogen) atoms. The molecule has 0 spiro atoms. The molecular weight excluding hydrogens is 208 g/mol. The minimum atomic E-state index is -0.0408. The summed E-state index contributed by atoms with van der Waals surface area (Å²) in [4.78, 5) is 0. The van der Waals surface area contributed by atoms with E-state index in [1.54, 1.807) is 0 Å². The van der Waals surface area contributed by atoms with Gasteiger partial charge < -0.3 is 5.84 Å². The first kappa shape index (κ1) is 12.2. The quantitative estimate of drug-likeness (QED) is 0.413. The standard InChI is InChI=1S/C15H22N2/c1-10-5-7-12-11(2)6-8-14(17-16)15(3,4)13(12)9-10/h5,7,9,11H,6,8,16H2,1-4H3/b17-14+. The Labute approximate surface area is 104 Å². The highest BCUT2D eigenvalue weighted by atomic mass is 15.1. The van der Waals surface area contributed by atoms with Crippen LogP contribution in [0.2, 0.25) is 0 Å². The van der Waals surface area contributed by atoms with Crippen molar-refractivity contribution >= 4 is 5.71 Å². The lowest BCUT2D eigenvalue weighted by atomic mass is 9.77. The van der Waals surface area contributed by atoms with Gasteiger partial charge in [-0.1, -0.05) is 44.5 Å². The van der Waals surface area contributed by atoms with E-state index in [1.807, 2.05) is 0 Å². The number of hydrogen-bond donors (Lipinski definition) is 1. The van der Waals surface area contributed by atoms with Crippen molar-refractivity contribution in [3.8, 4) is 0 Å². The Bertz CT molecular complexity index is 458. The van der Waals surface area contributed by atoms with Gasteiger partial charge in [-0.15, -0.1) is 0 Å². The van der Waals surface area contributed by atoms with Crippen LogP contribution in [0.5, 0.6) is 0 Å². The third-order valence-electron chi connectivity index (χ3n) is 4.10. The van der Waals surface area contributed by atoms with Gasteiger partial charge in [0.05, 0.1) is 0 Å². The molecule has 1 aliphatic carbocycles. The number of benzene rings is 1. The Morgan fingerprint density at radius 1 is 1.35 bits per heavy atom. The van der Waals surface area contributed by atoms with Gasteiger partial charge in [0, 0.05) is 11.1 Å². The van der Waals surface area contributed by atoms with Crippen LogP contribution >= 0.6 is 0 Å². The van der Waals surface area contributed by atoms with Crippen LogP contribution in [0.15, 0.2) is 23.3 Å². The molecule has 0 amide bonds. The number of rotatable bonds is 0. The zero-order valence-corrected chi connectivity index (χ0v) is 11.2. The van der Waals surface area contributed by atoms with Crippen LogP contribution < -0.4 is 5.84 Å². The molecule has 0 saturated heterocycles. The molecule has 1 unspecified atom stereocenters. The minimum absolute atomic E-state index is 0.0408. The van der Waals surface area contributed by atoms with Crippen LogP contribution in [0.1, 0.15) is 56.2 Å². The predicted octanol–water partition coefficient (Wildman–Crippen LogP) is 3.48. The monoisotopic (exact) mass is 230 g/mol. The molecule has 0 saturated carbocycles. The maximum absolute atomic E-state index is 5.58. The van der Waals surface area contributed by atoms with E-state index in [2.05, 4.69) is 51.0 Å². The van der Waals surface area contributed by atoms with Crippen LogP contribution in [-0.4, -0.2) is 5.71 Å². The van der Waals surface area contributed by atoms with Crippen molar-refractivity contribution in [1.29, 1.82) is 0 Å². The summed E-state index contributed by atoms with van der Waals surface area (Å²) in [6, 6.07) is 6.77. The number of fused-ring (bicyclic) bond motifs is 1. The Hall–Kier alpha value is -1.31. The van der Waals surface area contributed by atoms with E-state index in [4.69, 9.17) is 5.84 Å². The van der Waals surface area contributed by atoms with Crippen molar-refractivity contribution in [2.45, 2.75) is 51.9 Å². The summed E-state index contributed by atoms with van der Waals surface area (Å²) in [5.41, 5.74) is 5.24. The zero-order chi connectivity index (χ0) is 12.6. The smallest absolute Gasteiger partial charge is 0.0476 e. The zero-order valence-electron chi connectivity index (χ0n) is 11.2. The molecule has 1 atom stereocenters. The van der Waals surface area contributed by atoms with Crippen molar-refractivity contribution in [3.05, 3.63) is 34.9 Å². The second-order valence-electron chi connectivity index (χ2n) is 5.73. The van der Waals surface area contributed by atoms with Gasteiger partial charge in [-0.05, 0) is 36.8 Å². The first-order valence-electron chi connectivity index (χ1n) is 6.35. The normalized spacial score (nSPS) is 25.4. The molecule has 1 aromatic rings. The number of hydrogen-bond acceptors (Lipinski definition) is 2. The molecule has 0 fully saturated rings. The van der Waals surface area contributed by atoms with E-state index in [9.17, 15) is 0 Å². The number of nitrogens with two attached hydrogens (primary N) is 1. The van der Waals surface area contributed by atoms with Gasteiger partial charge in [-0.2, -0.15) is 5.10 Å². The molecule has 1 aliphatic rings. The average molecular weight is 230 g/mol. The average Bonchev–Trinajstić information content (AvgIpc) is 2.36. The Balaban J connectivity index is 2.66. The second kappa shape index (κ2) is 4.17. The lowest BCUT2D eigenvalue weighted by molar-refractivity contribution is 0.698. The Morgan fingerprint density at radius 3 is 2.71 bits per heavy atom. The molecule has 0 aliphatic heterocycles. The molecule has 2 N–H and O–H groups in total. The van der Waals surface area contributed by atoms with Gasteiger partial charge in [0.1, 0.15) is 0 Å². The summed E-state index contributed by atoms with van der Waals surface area (Å²) in [6.07, 6.45) is 2.13. The fourth-order valence-corrected chi connectivity index (χ4v) is 2.84. The van der Waals surface area contributed by atoms with E-state index >= 15 is 0 Å². The van der Waals surface area contributed by atoms with Gasteiger partial charge in [0.25, 0.3) is 0 Å². The molecule has 92 valence electrons. The highest BCUT2D eigenvalue weighted by Crippen LogP contribution is 2.39. The summed E-state index contributed by atoms with van der Waals surface area (Å²) in [7, 11) is 0. The molecule has 0 heterocycles. The predicted molar refractivity (Wildman–Crippen MR) is 73.5 cm³/mol. The fourth-order valence-electron chi connectivity index (χ4n) is 2.84. The summed E-state index contributed by atoms with van der Waals surface area (Å²) in [5, 5.41) is 4.04. The first-order valence-corrected chi connectivity index (χ1v) is 6.35. The van der Waals surface area contributed by atoms with Crippen LogP contribution in [0.3, 0.4) is 0 Å². The van der Waals surface area contributed by atoms with Crippen molar-refractivity contribution in [1.82, 2.24) is 0 Å². The van der Waals surface area contributed by atoms with Crippen molar-refractivity contribution < 1.29 is 0 Å². The molecule has 2 rings (SSSR count). The lowest BCUT2D eigenvalue weighted by Gasteiger charge is -2.27. The van der Waals surface area contributed by atoms with Crippen LogP contribution in [0.4, 0.5) is 0 Å². The summed E-state index contributed by atoms with van der Waals surface area (Å²) >= 11 is 0. The molecule has 1 aromatic carbocycles. The molecule has 2 heteroatoms. The Morgan fingerprint density at radius 2 is 2.06 bits per heavy atom. The number of nitrogens with zero attached hydrogens (tertiary/aromatic N) is 1. The molecule has 0 radical (unpaired) electrons. The van der Waals surface area contributed by atoms with Crippen LogP contribution in [0, 0.1) is 6.92 Å². The van der Waals surface area contributed by atoms with E-state index in [0.29, 0.717) is 5.92 Å². The van der Waals surface area contributed by atoms with Gasteiger partial charge in [0.2, 0.25) is 0 Å². The van der Waals surface area contributed by atoms with E-state index in [1.165, 1.54) is 16.7 Å². The van der Waals surface area contributed by atoms with Crippen molar-refractivity contribution in [2.24, 2.45) is 10.9 Å². The van der Waals surface area contributed by atoms with Gasteiger partial charge >= 0.3 is 0 Å². The van der Waals surface area contributed by atoms with E-state index in [0.717, 1.165) is 18.6 Å². The highest BCUT2D eigenvalue weighted by Gasteiger charge is 2.33. The molecule has 0 bridgehead atoms. The first-order chi connectivity index (χ1) is 7.96. The van der Waals surface area contributed by atoms with Crippen molar-refractivity contribution in [3.63, 3.8) is 0 Å². The fraction of sp³-hybridized carbons (Fsp3) is 0.533. The molecule has 2 nitrogen and oxygen atoms in total. The number of aryl methyl sites for hydroxylation is 1. The van der Waals surface area contributed by atoms with Gasteiger partial charge in [0.15, 0.2) is 0 Å². The molecular formula is C15H22N2. The Kier molecular flexibility index (Phi) is 2.98. The maximum atomic E-state index is 5.58. The van der Waals surface area contributed by atoms with E-state index < -0.39 is 0 Å². The summed E-state index contributed by atoms with van der Waals surface area (Å²) in [6.45, 7) is 8.90. The van der Waals surface area contributed by atoms with E-state index in [-0.39, 0.29) is 5.41 Å². The molecule has 0 aromatic heterocycles. The third-order valence-corrected chi connectivity index (χ3v) is 4.10. The SMILES string of the molecule is Cc1ccc2c(c1)C(C)(C)/C(=N/N)CCC2C.